The lowest BCUT2D eigenvalue weighted by Crippen LogP contribution is -2.29. The van der Waals surface area contributed by atoms with E-state index in [9.17, 15) is 9.18 Å². The average molecular weight is 328 g/mol. The van der Waals surface area contributed by atoms with Crippen molar-refractivity contribution in [3.05, 3.63) is 40.4 Å². The molecule has 0 bridgehead atoms. The van der Waals surface area contributed by atoms with Gasteiger partial charge in [-0.05, 0) is 50.5 Å². The van der Waals surface area contributed by atoms with E-state index in [2.05, 4.69) is 36.8 Å². The maximum atomic E-state index is 13.0. The van der Waals surface area contributed by atoms with Gasteiger partial charge in [0.15, 0.2) is 0 Å². The molecule has 0 aliphatic heterocycles. The molecule has 0 saturated carbocycles. The smallest absolute Gasteiger partial charge is 0.241 e. The fraction of sp³-hybridized carbons (Fsp3) is 0.273. The largest absolute Gasteiger partial charge is 0.354 e. The molecule has 6 nitrogen and oxygen atoms in total. The normalized spacial score (nSPS) is 10.4. The lowest BCUT2D eigenvalue weighted by Gasteiger charge is -2.05. The molecule has 1 amide bonds. The highest BCUT2D eigenvalue weighted by atomic mass is 79.9. The fourth-order valence-corrected chi connectivity index (χ4v) is 1.92. The van der Waals surface area contributed by atoms with Crippen LogP contribution in [0.3, 0.4) is 0 Å². The number of benzene rings is 1. The van der Waals surface area contributed by atoms with Crippen LogP contribution in [0.2, 0.25) is 0 Å². The molecule has 0 aliphatic rings. The first-order valence-corrected chi connectivity index (χ1v) is 6.36. The zero-order valence-electron chi connectivity index (χ0n) is 9.88. The van der Waals surface area contributed by atoms with Gasteiger partial charge in [0.2, 0.25) is 5.91 Å². The summed E-state index contributed by atoms with van der Waals surface area (Å²) in [5, 5.41) is 13.2. The number of hydrogen-bond acceptors (Lipinski definition) is 4. The summed E-state index contributed by atoms with van der Waals surface area (Å²) in [5.74, 6) is -0.472. The molecule has 1 aromatic carbocycles. The Morgan fingerprint density at radius 1 is 1.47 bits per heavy atom. The number of carbonyl (C=O) groups is 1. The van der Waals surface area contributed by atoms with Crippen LogP contribution >= 0.6 is 15.9 Å². The number of aromatic nitrogens is 4. The van der Waals surface area contributed by atoms with Crippen molar-refractivity contribution in [3.8, 4) is 0 Å². The lowest BCUT2D eigenvalue weighted by atomic mass is 10.1. The first-order chi connectivity index (χ1) is 9.15. The van der Waals surface area contributed by atoms with Crippen molar-refractivity contribution < 1.29 is 9.18 Å². The van der Waals surface area contributed by atoms with E-state index in [1.54, 1.807) is 12.1 Å². The van der Waals surface area contributed by atoms with Crippen molar-refractivity contribution in [2.75, 3.05) is 6.54 Å². The van der Waals surface area contributed by atoms with E-state index < -0.39 is 0 Å². The lowest BCUT2D eigenvalue weighted by molar-refractivity contribution is -0.121. The number of amides is 1. The molecular weight excluding hydrogens is 317 g/mol. The Kier molecular flexibility index (Phi) is 4.56. The summed E-state index contributed by atoms with van der Waals surface area (Å²) < 4.78 is 14.8. The van der Waals surface area contributed by atoms with Crippen molar-refractivity contribution in [1.82, 2.24) is 25.5 Å². The SMILES string of the molecule is O=C(Cn1cnnn1)NCCc1ccc(F)c(Br)c1. The van der Waals surface area contributed by atoms with Crippen molar-refractivity contribution in [2.24, 2.45) is 0 Å². The van der Waals surface area contributed by atoms with Gasteiger partial charge in [-0.3, -0.25) is 4.79 Å². The van der Waals surface area contributed by atoms with Crippen LogP contribution in [0.5, 0.6) is 0 Å². The summed E-state index contributed by atoms with van der Waals surface area (Å²) in [6.45, 7) is 0.555. The summed E-state index contributed by atoms with van der Waals surface area (Å²) in [6, 6.07) is 4.78. The minimum Gasteiger partial charge on any atom is -0.354 e. The molecular formula is C11H11BrFN5O. The van der Waals surface area contributed by atoms with Gasteiger partial charge in [-0.15, -0.1) is 5.10 Å². The van der Waals surface area contributed by atoms with Gasteiger partial charge < -0.3 is 5.32 Å². The van der Waals surface area contributed by atoms with Gasteiger partial charge in [0.25, 0.3) is 0 Å². The third kappa shape index (κ3) is 4.09. The Morgan fingerprint density at radius 2 is 2.32 bits per heavy atom. The predicted octanol–water partition coefficient (Wildman–Crippen LogP) is 0.934. The highest BCUT2D eigenvalue weighted by molar-refractivity contribution is 9.10. The second-order valence-corrected chi connectivity index (χ2v) is 4.71. The van der Waals surface area contributed by atoms with Crippen LogP contribution < -0.4 is 5.32 Å². The Balaban J connectivity index is 1.76. The molecule has 1 aromatic heterocycles. The molecule has 1 heterocycles. The van der Waals surface area contributed by atoms with E-state index in [1.807, 2.05) is 0 Å². The summed E-state index contributed by atoms with van der Waals surface area (Å²) >= 11 is 3.12. The van der Waals surface area contributed by atoms with Crippen LogP contribution in [0.15, 0.2) is 29.0 Å². The summed E-state index contributed by atoms with van der Waals surface area (Å²) in [7, 11) is 0. The standard InChI is InChI=1S/C11H11BrFN5O/c12-9-5-8(1-2-10(9)13)3-4-14-11(19)6-18-7-15-16-17-18/h1-2,5,7H,3-4,6H2,(H,14,19). The summed E-state index contributed by atoms with van der Waals surface area (Å²) in [4.78, 5) is 11.5. The van der Waals surface area contributed by atoms with Crippen LogP contribution in [-0.2, 0) is 17.8 Å². The zero-order valence-corrected chi connectivity index (χ0v) is 11.5. The Labute approximate surface area is 117 Å². The van der Waals surface area contributed by atoms with E-state index in [1.165, 1.54) is 17.1 Å². The molecule has 0 atom stereocenters. The summed E-state index contributed by atoms with van der Waals surface area (Å²) in [5.41, 5.74) is 0.941. The molecule has 2 aromatic rings. The van der Waals surface area contributed by atoms with E-state index in [-0.39, 0.29) is 18.3 Å². The Morgan fingerprint density at radius 3 is 3.00 bits per heavy atom. The molecule has 8 heteroatoms. The van der Waals surface area contributed by atoms with Gasteiger partial charge in [0.05, 0.1) is 4.47 Å². The van der Waals surface area contributed by atoms with Gasteiger partial charge >= 0.3 is 0 Å². The van der Waals surface area contributed by atoms with Crippen molar-refractivity contribution in [3.63, 3.8) is 0 Å². The number of nitrogens with one attached hydrogen (secondary N) is 1. The number of halogens is 2. The molecule has 0 fully saturated rings. The van der Waals surface area contributed by atoms with Crippen LogP contribution in [0, 0.1) is 5.82 Å². The van der Waals surface area contributed by atoms with Gasteiger partial charge in [-0.2, -0.15) is 0 Å². The number of nitrogens with zero attached hydrogens (tertiary/aromatic N) is 4. The van der Waals surface area contributed by atoms with E-state index >= 15 is 0 Å². The first-order valence-electron chi connectivity index (χ1n) is 5.56. The predicted molar refractivity (Wildman–Crippen MR) is 68.6 cm³/mol. The maximum Gasteiger partial charge on any atom is 0.241 e. The number of hydrogen-bond donors (Lipinski definition) is 1. The number of carbonyl (C=O) groups excluding carboxylic acids is 1. The minimum absolute atomic E-state index is 0.0834. The molecule has 2 rings (SSSR count). The molecule has 19 heavy (non-hydrogen) atoms. The third-order valence-corrected chi connectivity index (χ3v) is 3.02. The summed E-state index contributed by atoms with van der Waals surface area (Å²) in [6.07, 6.45) is 2.00. The first kappa shape index (κ1) is 13.6. The van der Waals surface area contributed by atoms with Gasteiger partial charge in [-0.1, -0.05) is 6.07 Å². The maximum absolute atomic E-state index is 13.0. The van der Waals surface area contributed by atoms with Crippen LogP contribution in [-0.4, -0.2) is 32.7 Å². The third-order valence-electron chi connectivity index (χ3n) is 2.42. The molecule has 1 N–H and O–H groups in total. The monoisotopic (exact) mass is 327 g/mol. The van der Waals surface area contributed by atoms with E-state index in [4.69, 9.17) is 0 Å². The molecule has 0 unspecified atom stereocenters. The van der Waals surface area contributed by atoms with Gasteiger partial charge in [-0.25, -0.2) is 9.07 Å². The molecule has 0 aliphatic carbocycles. The minimum atomic E-state index is -0.300. The van der Waals surface area contributed by atoms with E-state index in [0.29, 0.717) is 17.4 Å². The van der Waals surface area contributed by atoms with Gasteiger partial charge in [0, 0.05) is 6.54 Å². The second kappa shape index (κ2) is 6.37. The number of rotatable bonds is 5. The Hall–Kier alpha value is -1.83. The quantitative estimate of drug-likeness (QED) is 0.886. The molecule has 0 spiro atoms. The second-order valence-electron chi connectivity index (χ2n) is 3.86. The zero-order chi connectivity index (χ0) is 13.7. The van der Waals surface area contributed by atoms with Gasteiger partial charge in [0.1, 0.15) is 18.7 Å². The topological polar surface area (TPSA) is 72.7 Å². The Bertz CT molecular complexity index is 560. The van der Waals surface area contributed by atoms with Crippen molar-refractivity contribution in [2.45, 2.75) is 13.0 Å². The molecule has 100 valence electrons. The fourth-order valence-electron chi connectivity index (χ4n) is 1.50. The van der Waals surface area contributed by atoms with Crippen molar-refractivity contribution in [1.29, 1.82) is 0 Å². The highest BCUT2D eigenvalue weighted by Gasteiger charge is 2.04. The van der Waals surface area contributed by atoms with E-state index in [0.717, 1.165) is 5.56 Å². The van der Waals surface area contributed by atoms with Crippen LogP contribution in [0.4, 0.5) is 4.39 Å². The van der Waals surface area contributed by atoms with Crippen molar-refractivity contribution >= 4 is 21.8 Å². The molecule has 0 saturated heterocycles. The van der Waals surface area contributed by atoms with Crippen LogP contribution in [0.1, 0.15) is 5.56 Å². The molecule has 0 radical (unpaired) electrons. The average Bonchev–Trinajstić information content (AvgIpc) is 2.86. The highest BCUT2D eigenvalue weighted by Crippen LogP contribution is 2.16. The van der Waals surface area contributed by atoms with Crippen LogP contribution in [0.25, 0.3) is 0 Å². The number of tetrazole rings is 1.